The first-order valence-corrected chi connectivity index (χ1v) is 10.8. The van der Waals surface area contributed by atoms with Gasteiger partial charge in [0.2, 0.25) is 0 Å². The van der Waals surface area contributed by atoms with Crippen LogP contribution < -0.4 is 5.32 Å². The highest BCUT2D eigenvalue weighted by atomic mass is 16.2. The predicted octanol–water partition coefficient (Wildman–Crippen LogP) is 5.65. The number of benzene rings is 3. The third-order valence-electron chi connectivity index (χ3n) is 5.97. The summed E-state index contributed by atoms with van der Waals surface area (Å²) in [5.74, 6) is 0.113. The first-order chi connectivity index (χ1) is 15.3. The summed E-state index contributed by atoms with van der Waals surface area (Å²) in [6, 6.07) is 30.5. The quantitative estimate of drug-likeness (QED) is 0.465. The second-order valence-electron chi connectivity index (χ2n) is 8.03. The molecule has 1 N–H and O–H groups in total. The number of carbonyl (C=O) groups excluding carboxylic acids is 1. The zero-order chi connectivity index (χ0) is 21.0. The van der Waals surface area contributed by atoms with Gasteiger partial charge >= 0.3 is 0 Å². The molecule has 0 bridgehead atoms. The van der Waals surface area contributed by atoms with E-state index in [0.29, 0.717) is 12.2 Å². The number of nitrogens with one attached hydrogen (secondary N) is 1. The highest BCUT2D eigenvalue weighted by molar-refractivity contribution is 6.04. The molecule has 1 amide bonds. The Morgan fingerprint density at radius 3 is 2.26 bits per heavy atom. The number of anilines is 1. The molecule has 4 nitrogen and oxygen atoms in total. The van der Waals surface area contributed by atoms with Gasteiger partial charge in [-0.25, -0.2) is 0 Å². The van der Waals surface area contributed by atoms with E-state index in [4.69, 9.17) is 5.10 Å². The number of rotatable bonds is 5. The number of amides is 1. The largest absolute Gasteiger partial charge is 0.321 e. The van der Waals surface area contributed by atoms with Crippen LogP contribution in [-0.2, 0) is 13.0 Å². The van der Waals surface area contributed by atoms with Gasteiger partial charge in [0.25, 0.3) is 5.91 Å². The van der Waals surface area contributed by atoms with E-state index in [-0.39, 0.29) is 11.8 Å². The summed E-state index contributed by atoms with van der Waals surface area (Å²) in [6.07, 6.45) is 3.00. The van der Waals surface area contributed by atoms with Crippen molar-refractivity contribution in [2.45, 2.75) is 31.7 Å². The molecular formula is C27H25N3O. The molecule has 4 aromatic rings. The Labute approximate surface area is 182 Å². The van der Waals surface area contributed by atoms with Crippen LogP contribution in [0.25, 0.3) is 0 Å². The van der Waals surface area contributed by atoms with Crippen LogP contribution in [0.15, 0.2) is 91.0 Å². The number of nitrogens with zero attached hydrogens (tertiary/aromatic N) is 2. The molecule has 0 fully saturated rings. The molecule has 3 aromatic carbocycles. The zero-order valence-electron chi connectivity index (χ0n) is 17.4. The molecule has 0 saturated carbocycles. The molecule has 0 saturated heterocycles. The maximum Gasteiger partial charge on any atom is 0.276 e. The Bertz CT molecular complexity index is 1170. The van der Waals surface area contributed by atoms with Gasteiger partial charge in [-0.15, -0.1) is 0 Å². The number of hydrogen-bond acceptors (Lipinski definition) is 2. The Morgan fingerprint density at radius 1 is 0.903 bits per heavy atom. The molecule has 1 aromatic heterocycles. The van der Waals surface area contributed by atoms with E-state index >= 15 is 0 Å². The average molecular weight is 408 g/mol. The van der Waals surface area contributed by atoms with Crippen molar-refractivity contribution in [3.63, 3.8) is 0 Å². The normalized spacial score (nSPS) is 15.3. The summed E-state index contributed by atoms with van der Waals surface area (Å²) in [5, 5.41) is 7.89. The molecular weight excluding hydrogens is 382 g/mol. The van der Waals surface area contributed by atoms with Gasteiger partial charge in [-0.2, -0.15) is 5.10 Å². The summed E-state index contributed by atoms with van der Waals surface area (Å²) in [7, 11) is 0. The van der Waals surface area contributed by atoms with Crippen LogP contribution in [0.5, 0.6) is 0 Å². The number of para-hydroxylation sites is 1. The van der Waals surface area contributed by atoms with Crippen LogP contribution in [0.2, 0.25) is 0 Å². The van der Waals surface area contributed by atoms with E-state index in [1.54, 1.807) is 0 Å². The van der Waals surface area contributed by atoms with Gasteiger partial charge in [-0.3, -0.25) is 9.48 Å². The van der Waals surface area contributed by atoms with Crippen molar-refractivity contribution in [3.05, 3.63) is 119 Å². The Hall–Kier alpha value is -3.66. The van der Waals surface area contributed by atoms with Gasteiger partial charge < -0.3 is 5.32 Å². The first-order valence-electron chi connectivity index (χ1n) is 10.8. The summed E-state index contributed by atoms with van der Waals surface area (Å²) < 4.78 is 2.06. The maximum absolute atomic E-state index is 13.2. The highest BCUT2D eigenvalue weighted by Crippen LogP contribution is 2.38. The minimum absolute atomic E-state index is 0.136. The lowest BCUT2D eigenvalue weighted by Gasteiger charge is -2.25. The molecule has 4 heteroatoms. The van der Waals surface area contributed by atoms with E-state index in [1.807, 2.05) is 54.6 Å². The van der Waals surface area contributed by atoms with Crippen molar-refractivity contribution in [2.75, 3.05) is 5.32 Å². The summed E-state index contributed by atoms with van der Waals surface area (Å²) in [4.78, 5) is 13.2. The summed E-state index contributed by atoms with van der Waals surface area (Å²) in [6.45, 7) is 0.658. The van der Waals surface area contributed by atoms with E-state index in [2.05, 4.69) is 46.4 Å². The van der Waals surface area contributed by atoms with Gasteiger partial charge in [0.1, 0.15) is 0 Å². The molecule has 154 valence electrons. The standard InChI is InChI=1S/C27H25N3O/c31-27(28-22-15-8-3-9-16-22)25-24-18-10-17-23(21-13-6-2-7-14-21)26(24)30(29-25)19-20-11-4-1-5-12-20/h1-9,11-16,23H,10,17-19H2,(H,28,31). The number of carbonyl (C=O) groups is 1. The van der Waals surface area contributed by atoms with Crippen LogP contribution in [0.1, 0.15) is 51.6 Å². The van der Waals surface area contributed by atoms with Crippen molar-refractivity contribution in [1.82, 2.24) is 9.78 Å². The molecule has 0 radical (unpaired) electrons. The van der Waals surface area contributed by atoms with Crippen LogP contribution >= 0.6 is 0 Å². The van der Waals surface area contributed by atoms with Crippen molar-refractivity contribution in [2.24, 2.45) is 0 Å². The lowest BCUT2D eigenvalue weighted by atomic mass is 9.82. The molecule has 1 unspecified atom stereocenters. The maximum atomic E-state index is 13.2. The monoisotopic (exact) mass is 407 g/mol. The predicted molar refractivity (Wildman–Crippen MR) is 123 cm³/mol. The topological polar surface area (TPSA) is 46.9 Å². The van der Waals surface area contributed by atoms with Crippen molar-refractivity contribution in [1.29, 1.82) is 0 Å². The van der Waals surface area contributed by atoms with Crippen molar-refractivity contribution < 1.29 is 4.79 Å². The fourth-order valence-electron chi connectivity index (χ4n) is 4.55. The van der Waals surface area contributed by atoms with Crippen LogP contribution in [0, 0.1) is 0 Å². The van der Waals surface area contributed by atoms with Crippen molar-refractivity contribution in [3.8, 4) is 0 Å². The summed E-state index contributed by atoms with van der Waals surface area (Å²) in [5.41, 5.74) is 6.07. The minimum atomic E-state index is -0.136. The number of hydrogen-bond donors (Lipinski definition) is 1. The van der Waals surface area contributed by atoms with Crippen LogP contribution in [0.3, 0.4) is 0 Å². The lowest BCUT2D eigenvalue weighted by molar-refractivity contribution is 0.102. The Morgan fingerprint density at radius 2 is 1.55 bits per heavy atom. The van der Waals surface area contributed by atoms with E-state index < -0.39 is 0 Å². The highest BCUT2D eigenvalue weighted by Gasteiger charge is 2.31. The average Bonchev–Trinajstić information content (AvgIpc) is 3.20. The van der Waals surface area contributed by atoms with Crippen molar-refractivity contribution >= 4 is 11.6 Å². The molecule has 31 heavy (non-hydrogen) atoms. The zero-order valence-corrected chi connectivity index (χ0v) is 17.4. The van der Waals surface area contributed by atoms with E-state index in [9.17, 15) is 4.79 Å². The van der Waals surface area contributed by atoms with Gasteiger partial charge in [0, 0.05) is 17.2 Å². The second kappa shape index (κ2) is 8.60. The van der Waals surface area contributed by atoms with Gasteiger partial charge in [0.15, 0.2) is 5.69 Å². The first kappa shape index (κ1) is 19.3. The lowest BCUT2D eigenvalue weighted by Crippen LogP contribution is -2.17. The van der Waals surface area contributed by atoms with Crippen LogP contribution in [0.4, 0.5) is 5.69 Å². The van der Waals surface area contributed by atoms with Gasteiger partial charge in [-0.05, 0) is 42.5 Å². The van der Waals surface area contributed by atoms with Gasteiger partial charge in [-0.1, -0.05) is 78.9 Å². The number of aromatic nitrogens is 2. The third-order valence-corrected chi connectivity index (χ3v) is 5.97. The molecule has 0 spiro atoms. The fraction of sp³-hybridized carbons (Fsp3) is 0.185. The van der Waals surface area contributed by atoms with Crippen LogP contribution in [-0.4, -0.2) is 15.7 Å². The smallest absolute Gasteiger partial charge is 0.276 e. The molecule has 0 aliphatic heterocycles. The molecule has 1 heterocycles. The third kappa shape index (κ3) is 4.02. The molecule has 1 atom stereocenters. The fourth-order valence-corrected chi connectivity index (χ4v) is 4.55. The second-order valence-corrected chi connectivity index (χ2v) is 8.03. The van der Waals surface area contributed by atoms with E-state index in [1.165, 1.54) is 16.8 Å². The molecule has 1 aliphatic rings. The summed E-state index contributed by atoms with van der Waals surface area (Å²) >= 11 is 0. The Kier molecular flexibility index (Phi) is 5.36. The molecule has 1 aliphatic carbocycles. The Balaban J connectivity index is 1.57. The SMILES string of the molecule is O=C(Nc1ccccc1)c1nn(Cc2ccccc2)c2c1CCCC2c1ccccc1. The number of fused-ring (bicyclic) bond motifs is 1. The minimum Gasteiger partial charge on any atom is -0.321 e. The van der Waals surface area contributed by atoms with E-state index in [0.717, 1.165) is 30.5 Å². The van der Waals surface area contributed by atoms with Gasteiger partial charge in [0.05, 0.1) is 12.2 Å². The molecule has 5 rings (SSSR count).